The van der Waals surface area contributed by atoms with E-state index in [2.05, 4.69) is 19.3 Å². The number of benzene rings is 1. The molecule has 134 valence electrons. The highest BCUT2D eigenvalue weighted by atomic mass is 32.1. The Bertz CT molecular complexity index is 800. The Morgan fingerprint density at radius 1 is 1.32 bits per heavy atom. The Morgan fingerprint density at radius 2 is 2.08 bits per heavy atom. The van der Waals surface area contributed by atoms with Gasteiger partial charge in [-0.1, -0.05) is 0 Å². The largest absolute Gasteiger partial charge is 0.573 e. The number of halogens is 3. The fourth-order valence-electron chi connectivity index (χ4n) is 3.64. The van der Waals surface area contributed by atoms with Crippen LogP contribution >= 0.6 is 11.5 Å². The first-order chi connectivity index (χ1) is 11.9. The van der Waals surface area contributed by atoms with Gasteiger partial charge < -0.3 is 15.0 Å². The summed E-state index contributed by atoms with van der Waals surface area (Å²) in [6, 6.07) is 4.02. The van der Waals surface area contributed by atoms with E-state index in [1.807, 2.05) is 0 Å². The summed E-state index contributed by atoms with van der Waals surface area (Å²) in [5, 5.41) is 3.59. The van der Waals surface area contributed by atoms with E-state index in [4.69, 9.17) is 0 Å². The fraction of sp³-hybridized carbons (Fsp3) is 0.500. The Labute approximate surface area is 145 Å². The Morgan fingerprint density at radius 3 is 2.72 bits per heavy atom. The van der Waals surface area contributed by atoms with Crippen LogP contribution in [0.15, 0.2) is 18.2 Å². The molecule has 9 heteroatoms. The van der Waals surface area contributed by atoms with E-state index in [0.717, 1.165) is 44.0 Å². The van der Waals surface area contributed by atoms with Gasteiger partial charge in [-0.15, -0.1) is 13.2 Å². The van der Waals surface area contributed by atoms with Crippen molar-refractivity contribution >= 4 is 27.5 Å². The summed E-state index contributed by atoms with van der Waals surface area (Å²) in [6.07, 6.45) is -2.57. The van der Waals surface area contributed by atoms with Gasteiger partial charge >= 0.3 is 6.36 Å². The van der Waals surface area contributed by atoms with Gasteiger partial charge in [0.25, 0.3) is 5.91 Å². The van der Waals surface area contributed by atoms with Crippen LogP contribution in [0.3, 0.4) is 0 Å². The number of ether oxygens (including phenoxy) is 1. The van der Waals surface area contributed by atoms with Crippen LogP contribution in [0.1, 0.15) is 23.3 Å². The van der Waals surface area contributed by atoms with Gasteiger partial charge in [-0.25, -0.2) is 0 Å². The number of hydrogen-bond acceptors (Lipinski definition) is 5. The fourth-order valence-corrected chi connectivity index (χ4v) is 4.45. The van der Waals surface area contributed by atoms with Gasteiger partial charge in [-0.05, 0) is 61.6 Å². The van der Waals surface area contributed by atoms with Crippen molar-refractivity contribution in [3.05, 3.63) is 23.9 Å². The zero-order chi connectivity index (χ0) is 17.6. The topological polar surface area (TPSA) is 54.5 Å². The van der Waals surface area contributed by atoms with Gasteiger partial charge in [-0.3, -0.25) is 4.79 Å². The Hall–Kier alpha value is -1.87. The van der Waals surface area contributed by atoms with Crippen molar-refractivity contribution in [3.8, 4) is 5.75 Å². The second-order valence-electron chi connectivity index (χ2n) is 6.45. The molecular formula is C16H16F3N3O2S. The van der Waals surface area contributed by atoms with E-state index in [1.165, 1.54) is 18.2 Å². The molecule has 1 aromatic carbocycles. The van der Waals surface area contributed by atoms with Crippen LogP contribution < -0.4 is 10.1 Å². The maximum atomic E-state index is 12.6. The molecule has 0 unspecified atom stereocenters. The first-order valence-corrected chi connectivity index (χ1v) is 8.85. The molecular weight excluding hydrogens is 355 g/mol. The molecule has 3 fully saturated rings. The van der Waals surface area contributed by atoms with Crippen LogP contribution in [0, 0.1) is 5.92 Å². The number of nitrogens with zero attached hydrogens (tertiary/aromatic N) is 2. The lowest BCUT2D eigenvalue weighted by Gasteiger charge is -2.44. The summed E-state index contributed by atoms with van der Waals surface area (Å²) in [5.74, 6) is -0.0897. The lowest BCUT2D eigenvalue weighted by atomic mass is 9.84. The third kappa shape index (κ3) is 3.43. The van der Waals surface area contributed by atoms with Crippen molar-refractivity contribution in [2.75, 3.05) is 19.6 Å². The first kappa shape index (κ1) is 16.6. The van der Waals surface area contributed by atoms with Crippen LogP contribution in [0.2, 0.25) is 0 Å². The number of aromatic nitrogens is 1. The molecule has 1 amide bonds. The van der Waals surface area contributed by atoms with Crippen molar-refractivity contribution in [2.24, 2.45) is 5.92 Å². The minimum Gasteiger partial charge on any atom is -0.406 e. The van der Waals surface area contributed by atoms with Gasteiger partial charge in [0.05, 0.1) is 4.70 Å². The minimum atomic E-state index is -4.74. The molecule has 0 saturated carbocycles. The summed E-state index contributed by atoms with van der Waals surface area (Å²) in [4.78, 5) is 14.9. The SMILES string of the molecule is O=C(N[C@@H]1CN2CCC1CC2)c1nsc2cc(OC(F)(F)F)ccc12. The van der Waals surface area contributed by atoms with Crippen LogP contribution in [0.25, 0.3) is 10.1 Å². The highest BCUT2D eigenvalue weighted by Gasteiger charge is 2.35. The van der Waals surface area contributed by atoms with E-state index >= 15 is 0 Å². The molecule has 5 nitrogen and oxygen atoms in total. The van der Waals surface area contributed by atoms with Crippen LogP contribution in [-0.4, -0.2) is 47.2 Å². The minimum absolute atomic E-state index is 0.111. The van der Waals surface area contributed by atoms with E-state index in [9.17, 15) is 18.0 Å². The second kappa shape index (κ2) is 6.14. The standard InChI is InChI=1S/C16H16F3N3O2S/c17-16(18,19)24-10-1-2-11-13(7-10)25-21-14(11)15(23)20-12-8-22-5-3-9(12)4-6-22/h1-2,7,9,12H,3-6,8H2,(H,20,23)/t12-/m1/s1. The van der Waals surface area contributed by atoms with Gasteiger partial charge in [0.2, 0.25) is 0 Å². The number of piperidine rings is 3. The Kier molecular flexibility index (Phi) is 4.07. The lowest BCUT2D eigenvalue weighted by Crippen LogP contribution is -2.57. The van der Waals surface area contributed by atoms with Crippen molar-refractivity contribution in [1.82, 2.24) is 14.6 Å². The lowest BCUT2D eigenvalue weighted by molar-refractivity contribution is -0.274. The smallest absolute Gasteiger partial charge is 0.406 e. The molecule has 3 aliphatic heterocycles. The summed E-state index contributed by atoms with van der Waals surface area (Å²) >= 11 is 0.991. The summed E-state index contributed by atoms with van der Waals surface area (Å²) in [5.41, 5.74) is 0.259. The number of hydrogen-bond donors (Lipinski definition) is 1. The van der Waals surface area contributed by atoms with Crippen molar-refractivity contribution < 1.29 is 22.7 Å². The van der Waals surface area contributed by atoms with Crippen LogP contribution in [0.5, 0.6) is 5.75 Å². The van der Waals surface area contributed by atoms with Crippen molar-refractivity contribution in [3.63, 3.8) is 0 Å². The van der Waals surface area contributed by atoms with Crippen LogP contribution in [-0.2, 0) is 0 Å². The molecule has 0 aliphatic carbocycles. The zero-order valence-electron chi connectivity index (χ0n) is 13.2. The molecule has 0 spiro atoms. The van der Waals surface area contributed by atoms with Crippen LogP contribution in [0.4, 0.5) is 13.2 Å². The molecule has 0 radical (unpaired) electrons. The van der Waals surface area contributed by atoms with E-state index in [0.29, 0.717) is 16.0 Å². The molecule has 2 bridgehead atoms. The van der Waals surface area contributed by atoms with Gasteiger partial charge in [0.1, 0.15) is 11.4 Å². The van der Waals surface area contributed by atoms with E-state index in [-0.39, 0.29) is 23.4 Å². The second-order valence-corrected chi connectivity index (χ2v) is 7.26. The number of carbonyl (C=O) groups is 1. The highest BCUT2D eigenvalue weighted by Crippen LogP contribution is 2.31. The quantitative estimate of drug-likeness (QED) is 0.901. The molecule has 2 aromatic rings. The average Bonchev–Trinajstić information content (AvgIpc) is 2.97. The van der Waals surface area contributed by atoms with Crippen molar-refractivity contribution in [2.45, 2.75) is 25.2 Å². The number of alkyl halides is 3. The number of nitrogens with one attached hydrogen (secondary N) is 1. The number of carbonyl (C=O) groups excluding carboxylic acids is 1. The predicted molar refractivity (Wildman–Crippen MR) is 86.7 cm³/mol. The molecule has 5 rings (SSSR count). The zero-order valence-corrected chi connectivity index (χ0v) is 14.0. The molecule has 3 saturated heterocycles. The summed E-state index contributed by atoms with van der Waals surface area (Å²) in [6.45, 7) is 3.01. The molecule has 3 aliphatic rings. The summed E-state index contributed by atoms with van der Waals surface area (Å²) < 4.78 is 45.5. The molecule has 1 aromatic heterocycles. The van der Waals surface area contributed by atoms with E-state index in [1.54, 1.807) is 0 Å². The van der Waals surface area contributed by atoms with Crippen molar-refractivity contribution in [1.29, 1.82) is 0 Å². The van der Waals surface area contributed by atoms with Gasteiger partial charge in [0.15, 0.2) is 0 Å². The van der Waals surface area contributed by atoms with Gasteiger partial charge in [0, 0.05) is 18.0 Å². The number of fused-ring (bicyclic) bond motifs is 4. The predicted octanol–water partition coefficient (Wildman–Crippen LogP) is 3.02. The molecule has 1 N–H and O–H groups in total. The molecule has 4 heterocycles. The van der Waals surface area contributed by atoms with Gasteiger partial charge in [-0.2, -0.15) is 4.37 Å². The highest BCUT2D eigenvalue weighted by molar-refractivity contribution is 7.13. The first-order valence-electron chi connectivity index (χ1n) is 8.07. The average molecular weight is 371 g/mol. The number of amides is 1. The normalized spacial score (nSPS) is 26.0. The Balaban J connectivity index is 1.52. The third-order valence-corrected chi connectivity index (χ3v) is 5.67. The number of rotatable bonds is 3. The summed E-state index contributed by atoms with van der Waals surface area (Å²) in [7, 11) is 0. The molecule has 25 heavy (non-hydrogen) atoms. The third-order valence-electron chi connectivity index (χ3n) is 4.86. The molecule has 1 atom stereocenters. The van der Waals surface area contributed by atoms with E-state index < -0.39 is 6.36 Å². The maximum absolute atomic E-state index is 12.6. The monoisotopic (exact) mass is 371 g/mol. The maximum Gasteiger partial charge on any atom is 0.573 e.